The van der Waals surface area contributed by atoms with E-state index in [2.05, 4.69) is 20.4 Å². The summed E-state index contributed by atoms with van der Waals surface area (Å²) in [5, 5.41) is 19.2. The number of aromatic nitrogens is 5. The summed E-state index contributed by atoms with van der Waals surface area (Å²) in [5.74, 6) is -1.60. The van der Waals surface area contributed by atoms with Crippen LogP contribution in [0.25, 0.3) is 22.4 Å². The molecule has 224 valence electrons. The van der Waals surface area contributed by atoms with E-state index in [1.165, 1.54) is 68.5 Å². The first kappa shape index (κ1) is 29.8. The van der Waals surface area contributed by atoms with Gasteiger partial charge in [-0.25, -0.2) is 9.78 Å². The van der Waals surface area contributed by atoms with Crippen molar-refractivity contribution in [2.24, 2.45) is 0 Å². The Kier molecular flexibility index (Phi) is 8.47. The molecule has 5 heterocycles. The predicted octanol–water partition coefficient (Wildman–Crippen LogP) is 5.83. The molecule has 0 radical (unpaired) electrons. The van der Waals surface area contributed by atoms with E-state index in [9.17, 15) is 24.3 Å². The van der Waals surface area contributed by atoms with Gasteiger partial charge >= 0.3 is 5.97 Å². The van der Waals surface area contributed by atoms with Gasteiger partial charge < -0.3 is 15.0 Å². The number of thiophene rings is 1. The molecule has 0 amide bonds. The lowest BCUT2D eigenvalue weighted by molar-refractivity contribution is 0.0696. The average Bonchev–Trinajstić information content (AvgIpc) is 3.83. The van der Waals surface area contributed by atoms with Crippen molar-refractivity contribution < 1.29 is 19.5 Å². The van der Waals surface area contributed by atoms with E-state index in [0.29, 0.717) is 39.1 Å². The van der Waals surface area contributed by atoms with Crippen molar-refractivity contribution in [1.29, 1.82) is 0 Å². The lowest BCUT2D eigenvalue weighted by Gasteiger charge is -2.12. The van der Waals surface area contributed by atoms with Gasteiger partial charge in [0.25, 0.3) is 11.5 Å². The van der Waals surface area contributed by atoms with Crippen molar-refractivity contribution in [2.75, 3.05) is 5.32 Å². The molecule has 5 aromatic heterocycles. The highest BCUT2D eigenvalue weighted by Gasteiger charge is 2.22. The van der Waals surface area contributed by atoms with Crippen LogP contribution in [0.2, 0.25) is 4.34 Å². The van der Waals surface area contributed by atoms with E-state index in [1.54, 1.807) is 48.2 Å². The van der Waals surface area contributed by atoms with Gasteiger partial charge in [0, 0.05) is 58.3 Å². The maximum atomic E-state index is 13.7. The number of ketones is 1. The molecule has 14 heteroatoms. The molecular weight excluding hydrogens is 636 g/mol. The molecule has 6 aromatic rings. The first-order valence-corrected chi connectivity index (χ1v) is 15.4. The van der Waals surface area contributed by atoms with Gasteiger partial charge in [-0.05, 0) is 59.7 Å². The molecule has 1 aromatic carbocycles. The topological polar surface area (TPSA) is 149 Å². The molecular formula is C31H21ClN6O5S2. The minimum Gasteiger partial charge on any atom is -0.478 e. The number of halogens is 1. The molecule has 0 fully saturated rings. The Morgan fingerprint density at radius 1 is 0.933 bits per heavy atom. The van der Waals surface area contributed by atoms with E-state index in [0.717, 1.165) is 4.88 Å². The molecule has 0 aliphatic rings. The van der Waals surface area contributed by atoms with E-state index < -0.39 is 17.4 Å². The zero-order valence-corrected chi connectivity index (χ0v) is 25.5. The summed E-state index contributed by atoms with van der Waals surface area (Å²) >= 11 is 8.68. The summed E-state index contributed by atoms with van der Waals surface area (Å²) in [7, 11) is 0. The molecule has 0 unspecified atom stereocenters. The Morgan fingerprint density at radius 3 is 2.36 bits per heavy atom. The van der Waals surface area contributed by atoms with Crippen LogP contribution < -0.4 is 10.9 Å². The zero-order chi connectivity index (χ0) is 31.5. The number of nitrogens with one attached hydrogen (secondary N) is 1. The van der Waals surface area contributed by atoms with Crippen molar-refractivity contribution >= 4 is 57.8 Å². The molecule has 0 spiro atoms. The number of pyridine rings is 2. The smallest absolute Gasteiger partial charge is 0.335 e. The third-order valence-corrected chi connectivity index (χ3v) is 8.78. The summed E-state index contributed by atoms with van der Waals surface area (Å²) in [6, 6.07) is 15.8. The van der Waals surface area contributed by atoms with E-state index in [-0.39, 0.29) is 28.5 Å². The molecule has 6 rings (SSSR count). The average molecular weight is 657 g/mol. The Hall–Kier alpha value is -5.24. The SMILES string of the molecule is O=C(O)c1ccc(C(=O)n2nc(-c3cn(CC(=O)c4nccs4)c(=O)cc3-c3ccncc3)cc2NCc2ccc(Cl)s2)cc1. The quantitative estimate of drug-likeness (QED) is 0.174. The highest BCUT2D eigenvalue weighted by Crippen LogP contribution is 2.32. The number of anilines is 1. The van der Waals surface area contributed by atoms with Crippen molar-refractivity contribution in [2.45, 2.75) is 13.1 Å². The van der Waals surface area contributed by atoms with E-state index >= 15 is 0 Å². The fourth-order valence-corrected chi connectivity index (χ4v) is 6.15. The number of carbonyl (C=O) groups is 3. The number of carboxylic acid groups (broad SMARTS) is 1. The number of benzene rings is 1. The predicted molar refractivity (Wildman–Crippen MR) is 171 cm³/mol. The second kappa shape index (κ2) is 12.8. The lowest BCUT2D eigenvalue weighted by atomic mass is 10.0. The molecule has 0 atom stereocenters. The van der Waals surface area contributed by atoms with Crippen molar-refractivity contribution in [1.82, 2.24) is 24.3 Å². The van der Waals surface area contributed by atoms with Crippen molar-refractivity contribution in [3.63, 3.8) is 0 Å². The van der Waals surface area contributed by atoms with E-state index in [4.69, 9.17) is 11.6 Å². The number of carboxylic acids is 1. The van der Waals surface area contributed by atoms with Gasteiger partial charge in [0.15, 0.2) is 5.01 Å². The van der Waals surface area contributed by atoms with Crippen LogP contribution in [0.3, 0.4) is 0 Å². The number of aromatic carboxylic acids is 1. The van der Waals surface area contributed by atoms with Gasteiger partial charge in [-0.3, -0.25) is 19.4 Å². The molecule has 0 aliphatic heterocycles. The Balaban J connectivity index is 1.46. The van der Waals surface area contributed by atoms with Crippen LogP contribution in [0, 0.1) is 0 Å². The van der Waals surface area contributed by atoms with Gasteiger partial charge in [0.05, 0.1) is 28.7 Å². The van der Waals surface area contributed by atoms with Gasteiger partial charge in [-0.2, -0.15) is 9.78 Å². The highest BCUT2D eigenvalue weighted by atomic mass is 35.5. The van der Waals surface area contributed by atoms with Crippen molar-refractivity contribution in [3.05, 3.63) is 127 Å². The molecule has 0 saturated heterocycles. The highest BCUT2D eigenvalue weighted by molar-refractivity contribution is 7.16. The fourth-order valence-electron chi connectivity index (χ4n) is 4.55. The zero-order valence-electron chi connectivity index (χ0n) is 23.1. The molecule has 0 saturated carbocycles. The largest absolute Gasteiger partial charge is 0.478 e. The lowest BCUT2D eigenvalue weighted by Crippen LogP contribution is -2.24. The third kappa shape index (κ3) is 6.50. The first-order chi connectivity index (χ1) is 21.8. The number of rotatable bonds is 10. The summed E-state index contributed by atoms with van der Waals surface area (Å²) in [5.41, 5.74) is 1.89. The van der Waals surface area contributed by atoms with Crippen LogP contribution in [-0.4, -0.2) is 47.1 Å². The Bertz CT molecular complexity index is 2090. The van der Waals surface area contributed by atoms with Crippen LogP contribution in [0.4, 0.5) is 5.82 Å². The number of hydrogen-bond acceptors (Lipinski definition) is 10. The van der Waals surface area contributed by atoms with Crippen LogP contribution in [0.1, 0.15) is 35.4 Å². The summed E-state index contributed by atoms with van der Waals surface area (Å²) in [4.78, 5) is 60.3. The second-order valence-electron chi connectivity index (χ2n) is 9.64. The maximum Gasteiger partial charge on any atom is 0.335 e. The molecule has 0 bridgehead atoms. The number of Topliss-reactive ketones (excluding diaryl/α,β-unsaturated/α-hetero) is 1. The van der Waals surface area contributed by atoms with E-state index in [1.807, 2.05) is 6.07 Å². The number of nitrogens with zero attached hydrogens (tertiary/aromatic N) is 5. The normalized spacial score (nSPS) is 11.0. The monoisotopic (exact) mass is 656 g/mol. The molecule has 45 heavy (non-hydrogen) atoms. The van der Waals surface area contributed by atoms with Crippen LogP contribution >= 0.6 is 34.3 Å². The molecule has 0 aliphatic carbocycles. The second-order valence-corrected chi connectivity index (χ2v) is 12.3. The van der Waals surface area contributed by atoms with Gasteiger partial charge in [0.2, 0.25) is 5.78 Å². The summed E-state index contributed by atoms with van der Waals surface area (Å²) in [6.45, 7) is 0.0998. The molecule has 2 N–H and O–H groups in total. The number of carbonyl (C=O) groups excluding carboxylic acids is 2. The van der Waals surface area contributed by atoms with Gasteiger partial charge in [-0.15, -0.1) is 22.7 Å². The van der Waals surface area contributed by atoms with Gasteiger partial charge in [-0.1, -0.05) is 11.6 Å². The van der Waals surface area contributed by atoms with Crippen LogP contribution in [-0.2, 0) is 13.1 Å². The van der Waals surface area contributed by atoms with Gasteiger partial charge in [0.1, 0.15) is 5.82 Å². The number of thiazole rings is 1. The summed E-state index contributed by atoms with van der Waals surface area (Å²) in [6.07, 6.45) is 6.26. The van der Waals surface area contributed by atoms with Crippen LogP contribution in [0.5, 0.6) is 0 Å². The standard InChI is InChI=1S/C31H21ClN6O5S2/c32-26-6-5-21(45-26)15-35-27-14-24(36-38(27)30(41)19-1-3-20(4-2-19)31(42)43)23-16-37(17-25(39)29-34-11-12-44-29)28(40)13-22(23)18-7-9-33-10-8-18/h1-14,16,35H,15,17H2,(H,42,43). The Morgan fingerprint density at radius 2 is 1.69 bits per heavy atom. The van der Waals surface area contributed by atoms with Crippen molar-refractivity contribution in [3.8, 4) is 22.4 Å². The summed E-state index contributed by atoms with van der Waals surface area (Å²) < 4.78 is 3.09. The number of hydrogen-bond donors (Lipinski definition) is 2. The third-order valence-electron chi connectivity index (χ3n) is 6.73. The maximum absolute atomic E-state index is 13.7. The minimum absolute atomic E-state index is 0.0390. The minimum atomic E-state index is -1.11. The molecule has 11 nitrogen and oxygen atoms in total. The Labute approximate surface area is 268 Å². The fraction of sp³-hybridized carbons (Fsp3) is 0.0645. The van der Waals surface area contributed by atoms with Crippen LogP contribution in [0.15, 0.2) is 95.6 Å². The first-order valence-electron chi connectivity index (χ1n) is 13.3.